The van der Waals surface area contributed by atoms with E-state index < -0.39 is 17.0 Å². The normalized spacial score (nSPS) is 11.9. The van der Waals surface area contributed by atoms with Gasteiger partial charge in [0.2, 0.25) is 0 Å². The highest BCUT2D eigenvalue weighted by Gasteiger charge is 2.16. The molecule has 0 radical (unpaired) electrons. The summed E-state index contributed by atoms with van der Waals surface area (Å²) in [5.74, 6) is 0.583. The van der Waals surface area contributed by atoms with E-state index in [0.29, 0.717) is 17.2 Å². The van der Waals surface area contributed by atoms with Crippen LogP contribution in [0.15, 0.2) is 48.7 Å². The van der Waals surface area contributed by atoms with Crippen LogP contribution in [-0.4, -0.2) is 25.6 Å². The zero-order valence-corrected chi connectivity index (χ0v) is 12.7. The van der Waals surface area contributed by atoms with E-state index in [1.807, 2.05) is 18.2 Å². The van der Waals surface area contributed by atoms with Crippen LogP contribution in [0.1, 0.15) is 18.8 Å². The van der Waals surface area contributed by atoms with Gasteiger partial charge in [0.15, 0.2) is 11.5 Å². The molecule has 0 aliphatic heterocycles. The number of hydrogen-bond donors (Lipinski definition) is 2. The van der Waals surface area contributed by atoms with Gasteiger partial charge in [-0.3, -0.25) is 14.5 Å². The molecule has 1 aromatic carbocycles. The number of anilines is 1. The van der Waals surface area contributed by atoms with Crippen LogP contribution in [0.2, 0.25) is 0 Å². The first-order chi connectivity index (χ1) is 11.5. The van der Waals surface area contributed by atoms with Crippen LogP contribution in [-0.2, 0) is 0 Å². The molecule has 122 valence electrons. The van der Waals surface area contributed by atoms with E-state index in [9.17, 15) is 14.9 Å². The molecule has 9 nitrogen and oxygen atoms in total. The van der Waals surface area contributed by atoms with Crippen LogP contribution in [0.3, 0.4) is 0 Å². The molecule has 3 aromatic rings. The molecule has 0 fully saturated rings. The Morgan fingerprint density at radius 3 is 2.88 bits per heavy atom. The van der Waals surface area contributed by atoms with Crippen molar-refractivity contribution in [3.63, 3.8) is 0 Å². The molecule has 0 aliphatic rings. The van der Waals surface area contributed by atoms with Gasteiger partial charge in [-0.15, -0.1) is 10.2 Å². The highest BCUT2D eigenvalue weighted by Crippen LogP contribution is 2.17. The number of carbonyl (C=O) groups is 1. The number of aromatic nitrogens is 3. The average molecular weight is 326 g/mol. The maximum atomic E-state index is 12.1. The van der Waals surface area contributed by atoms with Crippen molar-refractivity contribution < 1.29 is 9.72 Å². The number of nitro benzene ring substituents is 1. The highest BCUT2D eigenvalue weighted by atomic mass is 16.6. The van der Waals surface area contributed by atoms with Crippen LogP contribution in [0.5, 0.6) is 0 Å². The fraction of sp³-hybridized carbons (Fsp3) is 0.133. The summed E-state index contributed by atoms with van der Waals surface area (Å²) in [5, 5.41) is 24.2. The Balaban J connectivity index is 1.70. The number of non-ortho nitro benzene ring substituents is 1. The number of benzene rings is 1. The summed E-state index contributed by atoms with van der Waals surface area (Å²) in [6.07, 6.45) is 1.81. The zero-order valence-electron chi connectivity index (χ0n) is 12.7. The lowest BCUT2D eigenvalue weighted by Gasteiger charge is -2.13. The molecule has 1 atom stereocenters. The van der Waals surface area contributed by atoms with E-state index in [1.54, 1.807) is 23.6 Å². The Labute approximate surface area is 136 Å². The first-order valence-corrected chi connectivity index (χ1v) is 7.16. The molecular weight excluding hydrogens is 312 g/mol. The molecule has 2 aromatic heterocycles. The van der Waals surface area contributed by atoms with Crippen LogP contribution in [0, 0.1) is 10.1 Å². The number of nitrogens with one attached hydrogen (secondary N) is 2. The summed E-state index contributed by atoms with van der Waals surface area (Å²) >= 11 is 0. The third kappa shape index (κ3) is 3.14. The fourth-order valence-corrected chi connectivity index (χ4v) is 2.28. The molecule has 0 saturated heterocycles. The van der Waals surface area contributed by atoms with Crippen LogP contribution in [0.4, 0.5) is 16.2 Å². The van der Waals surface area contributed by atoms with Crippen molar-refractivity contribution in [2.45, 2.75) is 13.0 Å². The molecule has 0 saturated carbocycles. The second kappa shape index (κ2) is 6.32. The smallest absolute Gasteiger partial charge is 0.319 e. The first-order valence-electron chi connectivity index (χ1n) is 7.16. The third-order valence-corrected chi connectivity index (χ3v) is 3.39. The van der Waals surface area contributed by atoms with Gasteiger partial charge in [-0.05, 0) is 25.1 Å². The summed E-state index contributed by atoms with van der Waals surface area (Å²) in [7, 11) is 0. The number of rotatable bonds is 4. The first kappa shape index (κ1) is 15.4. The van der Waals surface area contributed by atoms with Crippen molar-refractivity contribution in [2.75, 3.05) is 5.32 Å². The Kier molecular flexibility index (Phi) is 4.06. The summed E-state index contributed by atoms with van der Waals surface area (Å²) in [6, 6.07) is 10.3. The Hall–Kier alpha value is -3.49. The molecule has 0 spiro atoms. The molecular formula is C15H14N6O3. The van der Waals surface area contributed by atoms with Gasteiger partial charge in [-0.2, -0.15) is 0 Å². The number of carbonyl (C=O) groups excluding carboxylic acids is 1. The minimum Gasteiger partial charge on any atom is -0.328 e. The Morgan fingerprint density at radius 2 is 2.08 bits per heavy atom. The van der Waals surface area contributed by atoms with Gasteiger partial charge in [-0.1, -0.05) is 12.1 Å². The lowest BCUT2D eigenvalue weighted by Crippen LogP contribution is -2.32. The van der Waals surface area contributed by atoms with Crippen LogP contribution < -0.4 is 10.6 Å². The van der Waals surface area contributed by atoms with E-state index in [0.717, 1.165) is 0 Å². The monoisotopic (exact) mass is 326 g/mol. The Bertz CT molecular complexity index is 907. The van der Waals surface area contributed by atoms with Crippen molar-refractivity contribution in [1.29, 1.82) is 0 Å². The maximum Gasteiger partial charge on any atom is 0.319 e. The van der Waals surface area contributed by atoms with Crippen molar-refractivity contribution >= 4 is 23.1 Å². The summed E-state index contributed by atoms with van der Waals surface area (Å²) in [4.78, 5) is 22.3. The SMILES string of the molecule is C[C@H](NC(=O)Nc1cccc([N+](=O)[O-])c1)c1nnc2ccccn12. The molecule has 2 heterocycles. The van der Waals surface area contributed by atoms with E-state index in [4.69, 9.17) is 0 Å². The summed E-state index contributed by atoms with van der Waals surface area (Å²) < 4.78 is 1.78. The van der Waals surface area contributed by atoms with Crippen molar-refractivity contribution in [3.05, 3.63) is 64.6 Å². The highest BCUT2D eigenvalue weighted by molar-refractivity contribution is 5.89. The van der Waals surface area contributed by atoms with E-state index in [2.05, 4.69) is 20.8 Å². The second-order valence-corrected chi connectivity index (χ2v) is 5.11. The number of nitrogens with zero attached hydrogens (tertiary/aromatic N) is 4. The predicted molar refractivity (Wildman–Crippen MR) is 86.7 cm³/mol. The molecule has 0 aliphatic carbocycles. The molecule has 0 unspecified atom stereocenters. The molecule has 2 N–H and O–H groups in total. The Morgan fingerprint density at radius 1 is 1.25 bits per heavy atom. The van der Waals surface area contributed by atoms with Gasteiger partial charge in [0, 0.05) is 24.0 Å². The molecule has 0 bridgehead atoms. The topological polar surface area (TPSA) is 114 Å². The van der Waals surface area contributed by atoms with E-state index in [1.165, 1.54) is 18.2 Å². The number of nitro groups is 1. The van der Waals surface area contributed by atoms with Crippen molar-refractivity contribution in [3.8, 4) is 0 Å². The number of amides is 2. The van der Waals surface area contributed by atoms with E-state index in [-0.39, 0.29) is 5.69 Å². The van der Waals surface area contributed by atoms with Gasteiger partial charge in [-0.25, -0.2) is 4.79 Å². The zero-order chi connectivity index (χ0) is 17.1. The average Bonchev–Trinajstić information content (AvgIpc) is 2.99. The molecule has 24 heavy (non-hydrogen) atoms. The number of fused-ring (bicyclic) bond motifs is 1. The second-order valence-electron chi connectivity index (χ2n) is 5.11. The van der Waals surface area contributed by atoms with Crippen molar-refractivity contribution in [2.24, 2.45) is 0 Å². The van der Waals surface area contributed by atoms with Gasteiger partial charge in [0.1, 0.15) is 0 Å². The van der Waals surface area contributed by atoms with Gasteiger partial charge < -0.3 is 10.6 Å². The summed E-state index contributed by atoms with van der Waals surface area (Å²) in [5.41, 5.74) is 0.921. The standard InChI is InChI=1S/C15H14N6O3/c1-10(14-19-18-13-7-2-3-8-20(13)14)16-15(22)17-11-5-4-6-12(9-11)21(23)24/h2-10H,1H3,(H2,16,17,22)/t10-/m0/s1. The number of hydrogen-bond acceptors (Lipinski definition) is 5. The lowest BCUT2D eigenvalue weighted by molar-refractivity contribution is -0.384. The van der Waals surface area contributed by atoms with Crippen molar-refractivity contribution in [1.82, 2.24) is 19.9 Å². The minimum atomic E-state index is -0.520. The van der Waals surface area contributed by atoms with Gasteiger partial charge >= 0.3 is 6.03 Å². The van der Waals surface area contributed by atoms with Crippen LogP contribution in [0.25, 0.3) is 5.65 Å². The third-order valence-electron chi connectivity index (χ3n) is 3.39. The van der Waals surface area contributed by atoms with Crippen LogP contribution >= 0.6 is 0 Å². The maximum absolute atomic E-state index is 12.1. The minimum absolute atomic E-state index is 0.0932. The van der Waals surface area contributed by atoms with Gasteiger partial charge in [0.25, 0.3) is 5.69 Å². The van der Waals surface area contributed by atoms with E-state index >= 15 is 0 Å². The predicted octanol–water partition coefficient (Wildman–Crippen LogP) is 2.52. The number of urea groups is 1. The quantitative estimate of drug-likeness (QED) is 0.565. The lowest BCUT2D eigenvalue weighted by atomic mass is 10.3. The number of pyridine rings is 1. The molecule has 9 heteroatoms. The fourth-order valence-electron chi connectivity index (χ4n) is 2.28. The van der Waals surface area contributed by atoms with Gasteiger partial charge in [0.05, 0.1) is 11.0 Å². The molecule has 2 amide bonds. The molecule has 3 rings (SSSR count). The largest absolute Gasteiger partial charge is 0.328 e. The summed E-state index contributed by atoms with van der Waals surface area (Å²) in [6.45, 7) is 1.77.